The van der Waals surface area contributed by atoms with E-state index in [0.29, 0.717) is 24.2 Å². The van der Waals surface area contributed by atoms with Crippen LogP contribution in [-0.2, 0) is 29.5 Å². The van der Waals surface area contributed by atoms with Crippen molar-refractivity contribution < 1.29 is 23.1 Å². The highest BCUT2D eigenvalue weighted by Gasteiger charge is 2.54. The van der Waals surface area contributed by atoms with Crippen molar-refractivity contribution in [3.05, 3.63) is 96.1 Å². The van der Waals surface area contributed by atoms with Crippen LogP contribution in [0.25, 0.3) is 20.8 Å². The van der Waals surface area contributed by atoms with Crippen molar-refractivity contribution in [2.75, 3.05) is 0 Å². The minimum atomic E-state index is -1.11. The number of Topliss-reactive ketones (excluding diaryl/α,β-unsaturated/α-hetero) is 2. The maximum absolute atomic E-state index is 15.1. The number of rotatable bonds is 9. The van der Waals surface area contributed by atoms with Crippen molar-refractivity contribution in [1.29, 1.82) is 0 Å². The van der Waals surface area contributed by atoms with Gasteiger partial charge in [-0.3, -0.25) is 14.6 Å². The van der Waals surface area contributed by atoms with Gasteiger partial charge >= 0.3 is 0 Å². The van der Waals surface area contributed by atoms with Crippen molar-refractivity contribution in [2.24, 2.45) is 12.5 Å². The van der Waals surface area contributed by atoms with Gasteiger partial charge in [0.1, 0.15) is 11.6 Å². The molecule has 39 heavy (non-hydrogen) atoms. The van der Waals surface area contributed by atoms with E-state index >= 15 is 4.39 Å². The Hall–Kier alpha value is -4.24. The number of halogens is 2. The normalized spacial score (nSPS) is 13.9. The van der Waals surface area contributed by atoms with Gasteiger partial charge in [0.2, 0.25) is 0 Å². The number of aromatic nitrogens is 3. The maximum Gasteiger partial charge on any atom is 0.166 e. The van der Waals surface area contributed by atoms with Crippen LogP contribution in [0, 0.1) is 17.0 Å². The summed E-state index contributed by atoms with van der Waals surface area (Å²) in [5.41, 5.74) is 1.14. The molecule has 6 nitrogen and oxygen atoms in total. The van der Waals surface area contributed by atoms with Gasteiger partial charge in [-0.25, -0.2) is 13.8 Å². The molecule has 0 saturated heterocycles. The average molecular weight is 544 g/mol. The number of fused-ring (bicyclic) bond motifs is 1. The van der Waals surface area contributed by atoms with Crippen LogP contribution < -0.4 is 4.74 Å². The SMILES string of the molecule is Cn1cnc(-c2cc3nccc(Oc4ccc(CC(=O)C5(C(=O)Cc6ccccc6F)CC5)cc4F)c3s2)c1. The molecule has 0 N–H and O–H groups in total. The summed E-state index contributed by atoms with van der Waals surface area (Å²) in [6.07, 6.45) is 5.87. The molecule has 0 atom stereocenters. The summed E-state index contributed by atoms with van der Waals surface area (Å²) in [6.45, 7) is 0. The molecule has 0 aliphatic heterocycles. The molecule has 1 aliphatic rings. The molecular formula is C30H23F2N3O3S. The molecule has 1 fully saturated rings. The maximum atomic E-state index is 15.1. The smallest absolute Gasteiger partial charge is 0.166 e. The van der Waals surface area contributed by atoms with Crippen LogP contribution in [-0.4, -0.2) is 26.1 Å². The number of imidazole rings is 1. The van der Waals surface area contributed by atoms with Crippen molar-refractivity contribution >= 4 is 33.1 Å². The number of ether oxygens (including phenoxy) is 1. The van der Waals surface area contributed by atoms with Crippen molar-refractivity contribution in [1.82, 2.24) is 14.5 Å². The van der Waals surface area contributed by atoms with Gasteiger partial charge in [0.25, 0.3) is 0 Å². The number of carbonyl (C=O) groups is 2. The molecule has 2 aromatic carbocycles. The zero-order chi connectivity index (χ0) is 27.1. The van der Waals surface area contributed by atoms with Gasteiger partial charge in [-0.05, 0) is 48.2 Å². The molecule has 0 bridgehead atoms. The Morgan fingerprint density at radius 2 is 1.77 bits per heavy atom. The van der Waals surface area contributed by atoms with Crippen LogP contribution in [0.1, 0.15) is 24.0 Å². The standard InChI is InChI=1S/C30H23F2N3O3S/c1-35-16-23(34-17-35)26-15-22-29(39-26)25(8-11-33-22)38-24-7-6-18(12-21(24)32)13-27(36)30(9-10-30)28(37)14-19-4-2-3-5-20(19)31/h2-8,11-12,15-17H,9-10,13-14H2,1H3. The van der Waals surface area contributed by atoms with E-state index in [1.165, 1.54) is 29.5 Å². The first-order valence-corrected chi connectivity index (χ1v) is 13.3. The zero-order valence-electron chi connectivity index (χ0n) is 21.0. The quantitative estimate of drug-likeness (QED) is 0.199. The van der Waals surface area contributed by atoms with Gasteiger partial charge in [0.15, 0.2) is 23.1 Å². The number of nitrogens with zero attached hydrogens (tertiary/aromatic N) is 3. The number of ketones is 2. The summed E-state index contributed by atoms with van der Waals surface area (Å²) in [5.74, 6) is -1.16. The molecular weight excluding hydrogens is 520 g/mol. The average Bonchev–Trinajstić information content (AvgIpc) is 3.44. The lowest BCUT2D eigenvalue weighted by Gasteiger charge is -2.14. The molecule has 0 spiro atoms. The molecule has 5 aromatic rings. The monoisotopic (exact) mass is 543 g/mol. The highest BCUT2D eigenvalue weighted by Crippen LogP contribution is 2.49. The first-order valence-electron chi connectivity index (χ1n) is 12.5. The van der Waals surface area contributed by atoms with Gasteiger partial charge in [0.05, 0.1) is 32.5 Å². The summed E-state index contributed by atoms with van der Waals surface area (Å²) in [5, 5.41) is 0. The summed E-state index contributed by atoms with van der Waals surface area (Å²) in [7, 11) is 1.89. The van der Waals surface area contributed by atoms with Gasteiger partial charge < -0.3 is 9.30 Å². The molecule has 0 unspecified atom stereocenters. The van der Waals surface area contributed by atoms with E-state index in [0.717, 1.165) is 20.8 Å². The third-order valence-corrected chi connectivity index (χ3v) is 8.20. The molecule has 9 heteroatoms. The summed E-state index contributed by atoms with van der Waals surface area (Å²) >= 11 is 1.45. The van der Waals surface area contributed by atoms with E-state index in [9.17, 15) is 14.0 Å². The van der Waals surface area contributed by atoms with Crippen LogP contribution in [0.4, 0.5) is 8.78 Å². The van der Waals surface area contributed by atoms with Crippen LogP contribution in [0.15, 0.2) is 73.3 Å². The second-order valence-electron chi connectivity index (χ2n) is 9.80. The number of thiophene rings is 1. The predicted octanol–water partition coefficient (Wildman–Crippen LogP) is 6.47. The molecule has 3 aromatic heterocycles. The van der Waals surface area contributed by atoms with E-state index in [-0.39, 0.29) is 35.7 Å². The molecule has 1 saturated carbocycles. The van der Waals surface area contributed by atoms with Crippen LogP contribution in [0.5, 0.6) is 11.5 Å². The molecule has 6 rings (SSSR count). The Kier molecular flexibility index (Phi) is 6.31. The van der Waals surface area contributed by atoms with E-state index in [4.69, 9.17) is 4.74 Å². The molecule has 1 aliphatic carbocycles. The largest absolute Gasteiger partial charge is 0.453 e. The fourth-order valence-corrected chi connectivity index (χ4v) is 5.72. The number of hydrogen-bond donors (Lipinski definition) is 0. The number of benzene rings is 2. The third-order valence-electron chi connectivity index (χ3n) is 7.04. The summed E-state index contributed by atoms with van der Waals surface area (Å²) in [6, 6.07) is 14.0. The molecule has 0 amide bonds. The molecule has 196 valence electrons. The molecule has 3 heterocycles. The summed E-state index contributed by atoms with van der Waals surface area (Å²) in [4.78, 5) is 35.7. The Morgan fingerprint density at radius 1 is 0.974 bits per heavy atom. The highest BCUT2D eigenvalue weighted by atomic mass is 32.1. The number of aryl methyl sites for hydroxylation is 1. The topological polar surface area (TPSA) is 74.1 Å². The van der Waals surface area contributed by atoms with E-state index in [2.05, 4.69) is 9.97 Å². The fraction of sp³-hybridized carbons (Fsp3) is 0.200. The second-order valence-corrected chi connectivity index (χ2v) is 10.9. The van der Waals surface area contributed by atoms with Crippen LogP contribution in [0.2, 0.25) is 0 Å². The van der Waals surface area contributed by atoms with Crippen molar-refractivity contribution in [2.45, 2.75) is 25.7 Å². The lowest BCUT2D eigenvalue weighted by molar-refractivity contribution is -0.133. The van der Waals surface area contributed by atoms with Crippen molar-refractivity contribution in [3.63, 3.8) is 0 Å². The second kappa shape index (κ2) is 9.81. The number of pyridine rings is 1. The zero-order valence-corrected chi connectivity index (χ0v) is 21.8. The number of hydrogen-bond acceptors (Lipinski definition) is 6. The van der Waals surface area contributed by atoms with Crippen molar-refractivity contribution in [3.8, 4) is 22.1 Å². The minimum Gasteiger partial charge on any atom is -0.453 e. The Morgan fingerprint density at radius 3 is 2.49 bits per heavy atom. The molecule has 0 radical (unpaired) electrons. The van der Waals surface area contributed by atoms with E-state index < -0.39 is 17.0 Å². The Bertz CT molecular complexity index is 1740. The van der Waals surface area contributed by atoms with Gasteiger partial charge in [0, 0.05) is 38.3 Å². The third kappa shape index (κ3) is 4.85. The van der Waals surface area contributed by atoms with E-state index in [1.54, 1.807) is 42.9 Å². The van der Waals surface area contributed by atoms with E-state index in [1.807, 2.05) is 23.9 Å². The van der Waals surface area contributed by atoms with Crippen LogP contribution >= 0.6 is 11.3 Å². The predicted molar refractivity (Wildman–Crippen MR) is 144 cm³/mol. The number of carbonyl (C=O) groups excluding carboxylic acids is 2. The van der Waals surface area contributed by atoms with Crippen LogP contribution in [0.3, 0.4) is 0 Å². The van der Waals surface area contributed by atoms with Gasteiger partial charge in [-0.15, -0.1) is 11.3 Å². The minimum absolute atomic E-state index is 0.0169. The lowest BCUT2D eigenvalue weighted by atomic mass is 9.87. The Balaban J connectivity index is 1.17. The highest BCUT2D eigenvalue weighted by molar-refractivity contribution is 7.22. The first kappa shape index (κ1) is 25.1. The van der Waals surface area contributed by atoms with Gasteiger partial charge in [-0.1, -0.05) is 24.3 Å². The first-order chi connectivity index (χ1) is 18.8. The summed E-state index contributed by atoms with van der Waals surface area (Å²) < 4.78 is 37.7. The Labute approximate surface area is 226 Å². The fourth-order valence-electron chi connectivity index (χ4n) is 4.69. The van der Waals surface area contributed by atoms with Gasteiger partial charge in [-0.2, -0.15) is 0 Å². The lowest BCUT2D eigenvalue weighted by Crippen LogP contribution is -2.29.